The highest BCUT2D eigenvalue weighted by molar-refractivity contribution is 7.99. The minimum Gasteiger partial charge on any atom is -0.325 e. The Kier molecular flexibility index (Phi) is 2.32. The average molecular weight is 197 g/mol. The molecule has 13 heavy (non-hydrogen) atoms. The first kappa shape index (κ1) is 8.71. The monoisotopic (exact) mass is 197 g/mol. The zero-order valence-corrected chi connectivity index (χ0v) is 8.21. The number of nitrogens with zero attached hydrogens (tertiary/aromatic N) is 4. The highest BCUT2D eigenvalue weighted by Crippen LogP contribution is 2.21. The number of rotatable bonds is 2. The van der Waals surface area contributed by atoms with Gasteiger partial charge in [0.15, 0.2) is 5.82 Å². The molecule has 1 aliphatic rings. The number of hydrogen-bond donors (Lipinski definition) is 1. The third-order valence-electron chi connectivity index (χ3n) is 1.84. The van der Waals surface area contributed by atoms with Gasteiger partial charge >= 0.3 is 0 Å². The SMILES string of the molecule is CCc1nnc2n1N=C(CN)CS2. The van der Waals surface area contributed by atoms with Crippen LogP contribution in [-0.4, -0.2) is 32.9 Å². The van der Waals surface area contributed by atoms with Crippen LogP contribution in [0.2, 0.25) is 0 Å². The summed E-state index contributed by atoms with van der Waals surface area (Å²) in [6.45, 7) is 2.54. The molecule has 0 atom stereocenters. The van der Waals surface area contributed by atoms with Crippen LogP contribution in [0.5, 0.6) is 0 Å². The van der Waals surface area contributed by atoms with Crippen LogP contribution in [0.15, 0.2) is 10.3 Å². The summed E-state index contributed by atoms with van der Waals surface area (Å²) >= 11 is 1.64. The van der Waals surface area contributed by atoms with Crippen molar-refractivity contribution in [3.05, 3.63) is 5.82 Å². The molecule has 0 fully saturated rings. The van der Waals surface area contributed by atoms with Crippen LogP contribution in [0, 0.1) is 0 Å². The van der Waals surface area contributed by atoms with Crippen LogP contribution in [-0.2, 0) is 6.42 Å². The normalized spacial score (nSPS) is 15.4. The van der Waals surface area contributed by atoms with Gasteiger partial charge in [-0.1, -0.05) is 18.7 Å². The zero-order valence-electron chi connectivity index (χ0n) is 7.40. The van der Waals surface area contributed by atoms with Crippen molar-refractivity contribution in [3.63, 3.8) is 0 Å². The summed E-state index contributed by atoms with van der Waals surface area (Å²) in [4.78, 5) is 0. The van der Waals surface area contributed by atoms with Gasteiger partial charge in [-0.3, -0.25) is 0 Å². The van der Waals surface area contributed by atoms with Gasteiger partial charge in [-0.2, -0.15) is 9.78 Å². The minimum atomic E-state index is 0.508. The molecule has 0 aliphatic carbocycles. The van der Waals surface area contributed by atoms with Gasteiger partial charge in [-0.05, 0) is 0 Å². The predicted molar refractivity (Wildman–Crippen MR) is 52.0 cm³/mol. The molecule has 70 valence electrons. The third kappa shape index (κ3) is 1.47. The second-order valence-corrected chi connectivity index (χ2v) is 3.67. The number of thioether (sulfide) groups is 1. The molecule has 0 unspecified atom stereocenters. The summed E-state index contributed by atoms with van der Waals surface area (Å²) in [5.41, 5.74) is 6.51. The van der Waals surface area contributed by atoms with Gasteiger partial charge in [0.2, 0.25) is 5.16 Å². The summed E-state index contributed by atoms with van der Waals surface area (Å²) in [7, 11) is 0. The fraction of sp³-hybridized carbons (Fsp3) is 0.571. The predicted octanol–water partition coefficient (Wildman–Crippen LogP) is 0.109. The molecule has 5 nitrogen and oxygen atoms in total. The second-order valence-electron chi connectivity index (χ2n) is 2.72. The lowest BCUT2D eigenvalue weighted by Gasteiger charge is -2.11. The standard InChI is InChI=1S/C7H11N5S/c1-2-6-9-10-7-12(6)11-5(3-8)4-13-7/h2-4,8H2,1H3. The number of hydrogen-bond acceptors (Lipinski definition) is 5. The maximum atomic E-state index is 5.52. The number of nitrogens with two attached hydrogens (primary N) is 1. The van der Waals surface area contributed by atoms with E-state index < -0.39 is 0 Å². The molecular weight excluding hydrogens is 186 g/mol. The van der Waals surface area contributed by atoms with Crippen molar-refractivity contribution in [2.24, 2.45) is 10.8 Å². The molecule has 0 radical (unpaired) electrons. The Bertz CT molecular complexity index is 343. The molecule has 2 N–H and O–H groups in total. The van der Waals surface area contributed by atoms with Crippen molar-refractivity contribution in [1.82, 2.24) is 14.9 Å². The summed E-state index contributed by atoms with van der Waals surface area (Å²) in [5.74, 6) is 1.73. The van der Waals surface area contributed by atoms with Gasteiger partial charge in [0, 0.05) is 18.7 Å². The maximum Gasteiger partial charge on any atom is 0.212 e. The van der Waals surface area contributed by atoms with Crippen molar-refractivity contribution in [1.29, 1.82) is 0 Å². The lowest BCUT2D eigenvalue weighted by atomic mass is 10.4. The molecule has 0 bridgehead atoms. The van der Waals surface area contributed by atoms with E-state index in [2.05, 4.69) is 15.3 Å². The van der Waals surface area contributed by atoms with E-state index in [-0.39, 0.29) is 0 Å². The highest BCUT2D eigenvalue weighted by atomic mass is 32.2. The lowest BCUT2D eigenvalue weighted by Crippen LogP contribution is -2.21. The Hall–Kier alpha value is -0.880. The van der Waals surface area contributed by atoms with Crippen LogP contribution < -0.4 is 5.73 Å². The summed E-state index contributed by atoms with van der Waals surface area (Å²) in [6.07, 6.45) is 0.842. The van der Waals surface area contributed by atoms with Crippen molar-refractivity contribution in [2.75, 3.05) is 12.3 Å². The lowest BCUT2D eigenvalue weighted by molar-refractivity contribution is 0.711. The van der Waals surface area contributed by atoms with E-state index in [1.807, 2.05) is 6.92 Å². The molecule has 1 aromatic rings. The number of aryl methyl sites for hydroxylation is 1. The average Bonchev–Trinajstić information content (AvgIpc) is 2.59. The third-order valence-corrected chi connectivity index (χ3v) is 2.83. The maximum absolute atomic E-state index is 5.52. The van der Waals surface area contributed by atoms with Crippen LogP contribution in [0.3, 0.4) is 0 Å². The molecule has 1 aliphatic heterocycles. The fourth-order valence-electron chi connectivity index (χ4n) is 1.12. The van der Waals surface area contributed by atoms with Gasteiger partial charge in [-0.15, -0.1) is 10.2 Å². The Morgan fingerprint density at radius 1 is 1.54 bits per heavy atom. The first-order valence-corrected chi connectivity index (χ1v) is 5.17. The summed E-state index contributed by atoms with van der Waals surface area (Å²) < 4.78 is 1.79. The molecule has 0 spiro atoms. The molecule has 2 rings (SSSR count). The first-order chi connectivity index (χ1) is 6.35. The number of fused-ring (bicyclic) bond motifs is 1. The van der Waals surface area contributed by atoms with Gasteiger partial charge in [0.25, 0.3) is 0 Å². The molecule has 6 heteroatoms. The van der Waals surface area contributed by atoms with Gasteiger partial charge in [0.1, 0.15) is 0 Å². The van der Waals surface area contributed by atoms with Crippen LogP contribution in [0.25, 0.3) is 0 Å². The van der Waals surface area contributed by atoms with Crippen LogP contribution in [0.4, 0.5) is 0 Å². The van der Waals surface area contributed by atoms with Crippen molar-refractivity contribution >= 4 is 17.5 Å². The van der Waals surface area contributed by atoms with E-state index in [1.54, 1.807) is 16.4 Å². The summed E-state index contributed by atoms with van der Waals surface area (Å²) in [6, 6.07) is 0. The smallest absolute Gasteiger partial charge is 0.212 e. The second kappa shape index (κ2) is 3.47. The molecule has 0 aromatic carbocycles. The van der Waals surface area contributed by atoms with Crippen molar-refractivity contribution in [2.45, 2.75) is 18.5 Å². The summed E-state index contributed by atoms with van der Waals surface area (Å²) in [5, 5.41) is 13.3. The van der Waals surface area contributed by atoms with Gasteiger partial charge in [-0.25, -0.2) is 0 Å². The van der Waals surface area contributed by atoms with E-state index in [0.29, 0.717) is 6.54 Å². The van der Waals surface area contributed by atoms with E-state index in [1.165, 1.54) is 0 Å². The quantitative estimate of drug-likeness (QED) is 0.730. The molecule has 0 saturated carbocycles. The molecule has 0 saturated heterocycles. The largest absolute Gasteiger partial charge is 0.325 e. The zero-order chi connectivity index (χ0) is 9.26. The Balaban J connectivity index is 2.41. The van der Waals surface area contributed by atoms with E-state index in [0.717, 1.165) is 28.9 Å². The molecule has 0 amide bonds. The van der Waals surface area contributed by atoms with Crippen molar-refractivity contribution < 1.29 is 0 Å². The van der Waals surface area contributed by atoms with E-state index in [9.17, 15) is 0 Å². The number of aromatic nitrogens is 3. The molecule has 1 aromatic heterocycles. The van der Waals surface area contributed by atoms with Crippen LogP contribution >= 0.6 is 11.8 Å². The Morgan fingerprint density at radius 2 is 2.38 bits per heavy atom. The van der Waals surface area contributed by atoms with Gasteiger partial charge < -0.3 is 5.73 Å². The van der Waals surface area contributed by atoms with E-state index >= 15 is 0 Å². The topological polar surface area (TPSA) is 69.1 Å². The molecular formula is C7H11N5S. The Morgan fingerprint density at radius 3 is 3.08 bits per heavy atom. The minimum absolute atomic E-state index is 0.508. The Labute approximate surface area is 80.4 Å². The van der Waals surface area contributed by atoms with Crippen LogP contribution in [0.1, 0.15) is 12.7 Å². The highest BCUT2D eigenvalue weighted by Gasteiger charge is 2.16. The van der Waals surface area contributed by atoms with E-state index in [4.69, 9.17) is 5.73 Å². The first-order valence-electron chi connectivity index (χ1n) is 4.19. The fourth-order valence-corrected chi connectivity index (χ4v) is 1.96. The van der Waals surface area contributed by atoms with Crippen molar-refractivity contribution in [3.8, 4) is 0 Å². The van der Waals surface area contributed by atoms with Gasteiger partial charge in [0.05, 0.1) is 5.71 Å². The molecule has 2 heterocycles.